The Balaban J connectivity index is 1.39. The van der Waals surface area contributed by atoms with Gasteiger partial charge in [0, 0.05) is 36.9 Å². The zero-order valence-corrected chi connectivity index (χ0v) is 15.1. The van der Waals surface area contributed by atoms with Crippen LogP contribution >= 0.6 is 11.3 Å². The third kappa shape index (κ3) is 3.24. The highest BCUT2D eigenvalue weighted by Crippen LogP contribution is 2.43. The second-order valence-corrected chi connectivity index (χ2v) is 7.95. The first kappa shape index (κ1) is 16.8. The Morgan fingerprint density at radius 1 is 1.24 bits per heavy atom. The first-order valence-electron chi connectivity index (χ1n) is 8.97. The van der Waals surface area contributed by atoms with Gasteiger partial charge < -0.3 is 15.4 Å². The van der Waals surface area contributed by atoms with Gasteiger partial charge in [0.2, 0.25) is 5.91 Å². The Kier molecular flexibility index (Phi) is 4.63. The molecule has 4 rings (SSSR count). The minimum atomic E-state index is -0.237. The summed E-state index contributed by atoms with van der Waals surface area (Å²) in [7, 11) is 0. The maximum absolute atomic E-state index is 12.7. The maximum Gasteiger partial charge on any atom is 0.224 e. The molecule has 25 heavy (non-hydrogen) atoms. The molecule has 4 nitrogen and oxygen atoms in total. The van der Waals surface area contributed by atoms with Crippen LogP contribution in [0.1, 0.15) is 41.3 Å². The molecule has 1 aromatic heterocycles. The number of nitrogens with two attached hydrogens (primary N) is 1. The number of fused-ring (bicyclic) bond motifs is 2. The number of benzene rings is 1. The van der Waals surface area contributed by atoms with Crippen LogP contribution in [-0.4, -0.2) is 30.5 Å². The molecule has 1 saturated heterocycles. The monoisotopic (exact) mass is 356 g/mol. The van der Waals surface area contributed by atoms with Crippen LogP contribution in [0.3, 0.4) is 0 Å². The highest BCUT2D eigenvalue weighted by atomic mass is 32.1. The molecule has 1 spiro atoms. The van der Waals surface area contributed by atoms with Crippen molar-refractivity contribution >= 4 is 17.2 Å². The van der Waals surface area contributed by atoms with E-state index in [-0.39, 0.29) is 17.6 Å². The number of ether oxygens (including phenoxy) is 1. The van der Waals surface area contributed by atoms with E-state index in [9.17, 15) is 4.79 Å². The van der Waals surface area contributed by atoms with E-state index in [2.05, 4.69) is 11.4 Å². The van der Waals surface area contributed by atoms with Crippen LogP contribution in [0.25, 0.3) is 0 Å². The van der Waals surface area contributed by atoms with Gasteiger partial charge in [-0.05, 0) is 35.4 Å². The van der Waals surface area contributed by atoms with Gasteiger partial charge in [0.05, 0.1) is 12.2 Å². The van der Waals surface area contributed by atoms with Crippen LogP contribution in [-0.2, 0) is 21.6 Å². The lowest BCUT2D eigenvalue weighted by Crippen LogP contribution is -2.48. The van der Waals surface area contributed by atoms with E-state index in [0.717, 1.165) is 44.5 Å². The highest BCUT2D eigenvalue weighted by Gasteiger charge is 2.42. The standard InChI is InChI=1S/C20H24N2O2S/c21-17(15-4-2-1-3-5-15)14-19(23)22-10-8-20(9-11-22)16-7-13-25-18(16)6-12-24-20/h1-5,7,13,17H,6,8-12,14,21H2. The van der Waals surface area contributed by atoms with Crippen molar-refractivity contribution in [2.24, 2.45) is 5.73 Å². The van der Waals surface area contributed by atoms with Crippen molar-refractivity contribution in [2.75, 3.05) is 19.7 Å². The summed E-state index contributed by atoms with van der Waals surface area (Å²) in [5.74, 6) is 0.146. The Bertz CT molecular complexity index is 735. The van der Waals surface area contributed by atoms with Crippen LogP contribution in [0.5, 0.6) is 0 Å². The number of piperidine rings is 1. The first-order chi connectivity index (χ1) is 12.2. The average Bonchev–Trinajstić information content (AvgIpc) is 3.13. The molecule has 132 valence electrons. The van der Waals surface area contributed by atoms with E-state index in [4.69, 9.17) is 10.5 Å². The molecule has 1 amide bonds. The number of carbonyl (C=O) groups is 1. The van der Waals surface area contributed by atoms with Crippen molar-refractivity contribution in [1.82, 2.24) is 4.90 Å². The summed E-state index contributed by atoms with van der Waals surface area (Å²) in [5.41, 5.74) is 8.42. The molecule has 1 atom stereocenters. The normalized spacial score (nSPS) is 20.3. The molecule has 2 aromatic rings. The smallest absolute Gasteiger partial charge is 0.224 e. The molecule has 3 heterocycles. The van der Waals surface area contributed by atoms with Gasteiger partial charge in [0.1, 0.15) is 0 Å². The predicted octanol–water partition coefficient (Wildman–Crippen LogP) is 3.23. The van der Waals surface area contributed by atoms with E-state index < -0.39 is 0 Å². The second kappa shape index (κ2) is 6.90. The fraction of sp³-hybridized carbons (Fsp3) is 0.450. The lowest BCUT2D eigenvalue weighted by atomic mass is 9.82. The topological polar surface area (TPSA) is 55.6 Å². The molecule has 1 aromatic carbocycles. The van der Waals surface area contributed by atoms with Gasteiger partial charge in [0.15, 0.2) is 0 Å². The van der Waals surface area contributed by atoms with E-state index in [1.165, 1.54) is 10.4 Å². The van der Waals surface area contributed by atoms with Crippen LogP contribution < -0.4 is 5.73 Å². The van der Waals surface area contributed by atoms with Crippen molar-refractivity contribution in [3.05, 3.63) is 57.8 Å². The second-order valence-electron chi connectivity index (χ2n) is 6.95. The molecule has 0 bridgehead atoms. The SMILES string of the molecule is NC(CC(=O)N1CCC2(CC1)OCCc1sccc12)c1ccccc1. The summed E-state index contributed by atoms with van der Waals surface area (Å²) in [6.45, 7) is 2.28. The molecule has 2 N–H and O–H groups in total. The zero-order valence-electron chi connectivity index (χ0n) is 14.3. The third-order valence-electron chi connectivity index (χ3n) is 5.49. The van der Waals surface area contributed by atoms with Gasteiger partial charge in [-0.25, -0.2) is 0 Å². The van der Waals surface area contributed by atoms with Crippen LogP contribution in [0.4, 0.5) is 0 Å². The van der Waals surface area contributed by atoms with Gasteiger partial charge in [-0.2, -0.15) is 0 Å². The number of thiophene rings is 1. The number of nitrogens with zero attached hydrogens (tertiary/aromatic N) is 1. The van der Waals surface area contributed by atoms with E-state index in [0.29, 0.717) is 6.42 Å². The number of rotatable bonds is 3. The molecule has 2 aliphatic heterocycles. The number of hydrogen-bond donors (Lipinski definition) is 1. The van der Waals surface area contributed by atoms with Crippen molar-refractivity contribution in [2.45, 2.75) is 37.3 Å². The lowest BCUT2D eigenvalue weighted by Gasteiger charge is -2.44. The Morgan fingerprint density at radius 3 is 2.76 bits per heavy atom. The molecule has 0 radical (unpaired) electrons. The largest absolute Gasteiger partial charge is 0.370 e. The molecular formula is C20H24N2O2S. The van der Waals surface area contributed by atoms with Crippen molar-refractivity contribution in [3.8, 4) is 0 Å². The minimum absolute atomic E-state index is 0.146. The van der Waals surface area contributed by atoms with Crippen molar-refractivity contribution in [3.63, 3.8) is 0 Å². The molecule has 2 aliphatic rings. The van der Waals surface area contributed by atoms with E-state index in [1.54, 1.807) is 0 Å². The van der Waals surface area contributed by atoms with Crippen LogP contribution in [0, 0.1) is 0 Å². The van der Waals surface area contributed by atoms with Gasteiger partial charge in [-0.15, -0.1) is 11.3 Å². The molecule has 1 unspecified atom stereocenters. The summed E-state index contributed by atoms with van der Waals surface area (Å²) >= 11 is 1.83. The van der Waals surface area contributed by atoms with Crippen molar-refractivity contribution < 1.29 is 9.53 Å². The third-order valence-corrected chi connectivity index (χ3v) is 6.47. The molecule has 0 aliphatic carbocycles. The average molecular weight is 356 g/mol. The number of likely N-dealkylation sites (tertiary alicyclic amines) is 1. The lowest BCUT2D eigenvalue weighted by molar-refractivity contribution is -0.141. The summed E-state index contributed by atoms with van der Waals surface area (Å²) in [6, 6.07) is 11.8. The van der Waals surface area contributed by atoms with E-state index in [1.807, 2.05) is 46.6 Å². The summed E-state index contributed by atoms with van der Waals surface area (Å²) in [4.78, 5) is 16.1. The minimum Gasteiger partial charge on any atom is -0.370 e. The maximum atomic E-state index is 12.7. The summed E-state index contributed by atoms with van der Waals surface area (Å²) < 4.78 is 6.21. The van der Waals surface area contributed by atoms with Crippen LogP contribution in [0.2, 0.25) is 0 Å². The van der Waals surface area contributed by atoms with Gasteiger partial charge in [0.25, 0.3) is 0 Å². The van der Waals surface area contributed by atoms with Crippen LogP contribution in [0.15, 0.2) is 41.8 Å². The zero-order chi connectivity index (χ0) is 17.3. The molecule has 5 heteroatoms. The molecular weight excluding hydrogens is 332 g/mol. The first-order valence-corrected chi connectivity index (χ1v) is 9.85. The van der Waals surface area contributed by atoms with E-state index >= 15 is 0 Å². The summed E-state index contributed by atoms with van der Waals surface area (Å²) in [5, 5.41) is 2.16. The Labute approximate surface area is 152 Å². The number of hydrogen-bond acceptors (Lipinski definition) is 4. The Morgan fingerprint density at radius 2 is 2.00 bits per heavy atom. The number of amides is 1. The molecule has 1 fully saturated rings. The highest BCUT2D eigenvalue weighted by molar-refractivity contribution is 7.10. The van der Waals surface area contributed by atoms with Crippen molar-refractivity contribution in [1.29, 1.82) is 0 Å². The quantitative estimate of drug-likeness (QED) is 0.919. The Hall–Kier alpha value is -1.69. The number of carbonyl (C=O) groups excluding carboxylic acids is 1. The van der Waals surface area contributed by atoms with Gasteiger partial charge >= 0.3 is 0 Å². The molecule has 0 saturated carbocycles. The fourth-order valence-corrected chi connectivity index (χ4v) is 4.97. The predicted molar refractivity (Wildman–Crippen MR) is 99.5 cm³/mol. The van der Waals surface area contributed by atoms with Gasteiger partial charge in [-0.1, -0.05) is 30.3 Å². The fourth-order valence-electron chi connectivity index (χ4n) is 4.02. The van der Waals surface area contributed by atoms with Gasteiger partial charge in [-0.3, -0.25) is 4.79 Å². The summed E-state index contributed by atoms with van der Waals surface area (Å²) in [6.07, 6.45) is 3.14.